The summed E-state index contributed by atoms with van der Waals surface area (Å²) in [4.78, 5) is 21.4. The number of fused-ring (bicyclic) bond motifs is 1. The maximum Gasteiger partial charge on any atom is 0.330 e. The van der Waals surface area contributed by atoms with Gasteiger partial charge in [-0.1, -0.05) is 42.5 Å². The Morgan fingerprint density at radius 3 is 2.68 bits per heavy atom. The average Bonchev–Trinajstić information content (AvgIpc) is 3.13. The number of amides is 1. The van der Waals surface area contributed by atoms with Crippen molar-refractivity contribution in [1.82, 2.24) is 19.9 Å². The van der Waals surface area contributed by atoms with E-state index in [1.54, 1.807) is 12.4 Å². The largest absolute Gasteiger partial charge is 0.468 e. The molecule has 0 aliphatic carbocycles. The minimum Gasteiger partial charge on any atom is -0.468 e. The summed E-state index contributed by atoms with van der Waals surface area (Å²) in [6.07, 6.45) is 4.27. The van der Waals surface area contributed by atoms with Gasteiger partial charge in [-0.25, -0.2) is 9.36 Å². The lowest BCUT2D eigenvalue weighted by atomic mass is 10.1. The number of benzene rings is 2. The van der Waals surface area contributed by atoms with Gasteiger partial charge in [0.25, 0.3) is 0 Å². The summed E-state index contributed by atoms with van der Waals surface area (Å²) in [5.74, 6) is 0. The summed E-state index contributed by atoms with van der Waals surface area (Å²) in [6, 6.07) is 19.7. The van der Waals surface area contributed by atoms with Crippen LogP contribution in [0.2, 0.25) is 0 Å². The van der Waals surface area contributed by atoms with Crippen LogP contribution in [-0.4, -0.2) is 34.2 Å². The van der Waals surface area contributed by atoms with Gasteiger partial charge in [-0.2, -0.15) is 4.98 Å². The lowest BCUT2D eigenvalue weighted by Gasteiger charge is -2.09. The van der Waals surface area contributed by atoms with Gasteiger partial charge in [0, 0.05) is 24.5 Å². The van der Waals surface area contributed by atoms with E-state index in [0.717, 1.165) is 17.5 Å². The van der Waals surface area contributed by atoms with Crippen LogP contribution in [0.4, 0.5) is 4.79 Å². The van der Waals surface area contributed by atoms with Crippen LogP contribution < -0.4 is 10.1 Å². The van der Waals surface area contributed by atoms with Crippen LogP contribution in [0.15, 0.2) is 73.1 Å². The fourth-order valence-electron chi connectivity index (χ4n) is 3.14. The predicted molar refractivity (Wildman–Crippen MR) is 108 cm³/mol. The normalized spacial score (nSPS) is 10.8. The second-order valence-electron chi connectivity index (χ2n) is 6.35. The molecule has 6 nitrogen and oxygen atoms in total. The van der Waals surface area contributed by atoms with Crippen molar-refractivity contribution in [2.24, 2.45) is 0 Å². The molecule has 1 N–H and O–H groups in total. The van der Waals surface area contributed by atoms with Crippen molar-refractivity contribution in [2.75, 3.05) is 13.7 Å². The lowest BCUT2D eigenvalue weighted by Crippen LogP contribution is -2.30. The number of carbonyl (C=O) groups excluding carboxylic acids is 1. The first-order valence-electron chi connectivity index (χ1n) is 9.05. The topological polar surface area (TPSA) is 69.0 Å². The predicted octanol–water partition coefficient (Wildman–Crippen LogP) is 3.91. The number of hydrogen-bond acceptors (Lipinski definition) is 4. The molecule has 0 radical (unpaired) electrons. The Morgan fingerprint density at radius 1 is 1.07 bits per heavy atom. The highest BCUT2D eigenvalue weighted by Crippen LogP contribution is 2.27. The van der Waals surface area contributed by atoms with Gasteiger partial charge >= 0.3 is 12.0 Å². The average molecular weight is 372 g/mol. The molecule has 0 aliphatic rings. The van der Waals surface area contributed by atoms with E-state index >= 15 is 0 Å². The number of carbonyl (C=O) groups is 1. The Labute approximate surface area is 162 Å². The second kappa shape index (κ2) is 7.92. The molecule has 2 aromatic heterocycles. The van der Waals surface area contributed by atoms with Crippen molar-refractivity contribution in [3.63, 3.8) is 0 Å². The number of rotatable bonds is 5. The summed E-state index contributed by atoms with van der Waals surface area (Å²) >= 11 is 0. The molecule has 4 rings (SSSR count). The summed E-state index contributed by atoms with van der Waals surface area (Å²) < 4.78 is 6.81. The van der Waals surface area contributed by atoms with Crippen LogP contribution >= 0.6 is 0 Å². The van der Waals surface area contributed by atoms with Gasteiger partial charge in [-0.05, 0) is 35.7 Å². The summed E-state index contributed by atoms with van der Waals surface area (Å²) in [6.45, 7) is 0.522. The molecule has 28 heavy (non-hydrogen) atoms. The molecule has 0 atom stereocenters. The molecule has 0 saturated carbocycles. The summed E-state index contributed by atoms with van der Waals surface area (Å²) in [7, 11) is 1.51. The highest BCUT2D eigenvalue weighted by atomic mass is 16.5. The Hall–Kier alpha value is -3.67. The van der Waals surface area contributed by atoms with Crippen LogP contribution in [0, 0.1) is 0 Å². The van der Waals surface area contributed by atoms with Crippen LogP contribution in [0.1, 0.15) is 5.56 Å². The van der Waals surface area contributed by atoms with E-state index in [2.05, 4.69) is 15.3 Å². The van der Waals surface area contributed by atoms with Crippen molar-refractivity contribution in [3.05, 3.63) is 78.6 Å². The molecule has 1 amide bonds. The Morgan fingerprint density at radius 2 is 1.93 bits per heavy atom. The highest BCUT2D eigenvalue weighted by molar-refractivity contribution is 5.93. The van der Waals surface area contributed by atoms with Crippen LogP contribution in [0.25, 0.3) is 22.2 Å². The van der Waals surface area contributed by atoms with Crippen molar-refractivity contribution >= 4 is 17.1 Å². The van der Waals surface area contributed by atoms with Crippen molar-refractivity contribution in [1.29, 1.82) is 0 Å². The van der Waals surface area contributed by atoms with Crippen molar-refractivity contribution in [3.8, 4) is 17.1 Å². The first-order valence-corrected chi connectivity index (χ1v) is 9.05. The van der Waals surface area contributed by atoms with Crippen LogP contribution in [0.5, 0.6) is 6.01 Å². The van der Waals surface area contributed by atoms with E-state index < -0.39 is 0 Å². The number of methoxy groups -OCH3 is 1. The van der Waals surface area contributed by atoms with Crippen molar-refractivity contribution < 1.29 is 9.53 Å². The molecule has 140 valence electrons. The van der Waals surface area contributed by atoms with E-state index in [1.807, 2.05) is 60.7 Å². The molecule has 6 heteroatoms. The van der Waals surface area contributed by atoms with Gasteiger partial charge in [0.2, 0.25) is 0 Å². The zero-order valence-corrected chi connectivity index (χ0v) is 15.5. The van der Waals surface area contributed by atoms with Gasteiger partial charge < -0.3 is 10.1 Å². The number of nitrogens with zero attached hydrogens (tertiary/aromatic N) is 3. The summed E-state index contributed by atoms with van der Waals surface area (Å²) in [5.41, 5.74) is 4.49. The molecule has 0 saturated heterocycles. The number of hydrogen-bond donors (Lipinski definition) is 1. The minimum absolute atomic E-state index is 0.260. The SMILES string of the molecule is COc1nc2ccc(-c3cccnc3)cc2n1C(=O)NCCc1ccccc1. The van der Waals surface area contributed by atoms with Crippen LogP contribution in [0.3, 0.4) is 0 Å². The molecule has 4 aromatic rings. The molecular weight excluding hydrogens is 352 g/mol. The first-order chi connectivity index (χ1) is 13.8. The van der Waals surface area contributed by atoms with E-state index in [1.165, 1.54) is 17.2 Å². The van der Waals surface area contributed by atoms with E-state index in [-0.39, 0.29) is 12.0 Å². The minimum atomic E-state index is -0.265. The molecule has 0 aliphatic heterocycles. The molecule has 0 unspecified atom stereocenters. The van der Waals surface area contributed by atoms with E-state index in [4.69, 9.17) is 4.74 Å². The molecule has 2 aromatic carbocycles. The fourth-order valence-corrected chi connectivity index (χ4v) is 3.14. The number of pyridine rings is 1. The van der Waals surface area contributed by atoms with Gasteiger partial charge in [0.05, 0.1) is 18.1 Å². The third-order valence-corrected chi connectivity index (χ3v) is 4.54. The smallest absolute Gasteiger partial charge is 0.330 e. The van der Waals surface area contributed by atoms with Crippen molar-refractivity contribution in [2.45, 2.75) is 6.42 Å². The standard InChI is InChI=1S/C22H20N4O2/c1-28-22-25-19-10-9-17(18-8-5-12-23-15-18)14-20(19)26(22)21(27)24-13-11-16-6-3-2-4-7-16/h2-10,12,14-15H,11,13H2,1H3,(H,24,27). The van der Waals surface area contributed by atoms with Gasteiger partial charge in [-0.3, -0.25) is 4.98 Å². The molecule has 0 fully saturated rings. The maximum atomic E-state index is 12.9. The highest BCUT2D eigenvalue weighted by Gasteiger charge is 2.18. The molecule has 0 bridgehead atoms. The van der Waals surface area contributed by atoms with Gasteiger partial charge in [0.15, 0.2) is 0 Å². The van der Waals surface area contributed by atoms with Gasteiger partial charge in [0.1, 0.15) is 0 Å². The zero-order valence-electron chi connectivity index (χ0n) is 15.5. The third kappa shape index (κ3) is 3.57. The zero-order chi connectivity index (χ0) is 19.3. The lowest BCUT2D eigenvalue weighted by molar-refractivity contribution is 0.239. The Kier molecular flexibility index (Phi) is 5.01. The van der Waals surface area contributed by atoms with Gasteiger partial charge in [-0.15, -0.1) is 0 Å². The number of ether oxygens (including phenoxy) is 1. The maximum absolute atomic E-state index is 12.9. The Bertz CT molecular complexity index is 1090. The molecule has 2 heterocycles. The molecular formula is C22H20N4O2. The monoisotopic (exact) mass is 372 g/mol. The van der Waals surface area contributed by atoms with E-state index in [9.17, 15) is 4.79 Å². The number of aromatic nitrogens is 3. The number of nitrogens with one attached hydrogen (secondary N) is 1. The molecule has 0 spiro atoms. The Balaban J connectivity index is 1.61. The van der Waals surface area contributed by atoms with E-state index in [0.29, 0.717) is 17.6 Å². The quantitative estimate of drug-likeness (QED) is 0.577. The summed E-state index contributed by atoms with van der Waals surface area (Å²) in [5, 5.41) is 2.95. The fraction of sp³-hybridized carbons (Fsp3) is 0.136. The number of imidazole rings is 1. The van der Waals surface area contributed by atoms with Crippen LogP contribution in [-0.2, 0) is 6.42 Å². The first kappa shape index (κ1) is 17.7. The second-order valence-corrected chi connectivity index (χ2v) is 6.35. The third-order valence-electron chi connectivity index (χ3n) is 4.54.